The monoisotopic (exact) mass is 335 g/mol. The summed E-state index contributed by atoms with van der Waals surface area (Å²) in [5.74, 6) is 1.57. The van der Waals surface area contributed by atoms with Gasteiger partial charge in [-0.3, -0.25) is 9.11 Å². The summed E-state index contributed by atoms with van der Waals surface area (Å²) in [6, 6.07) is 7.72. The fourth-order valence-corrected chi connectivity index (χ4v) is 1.75. The predicted molar refractivity (Wildman–Crippen MR) is 79.9 cm³/mol. The highest BCUT2D eigenvalue weighted by Crippen LogP contribution is 2.26. The average Bonchev–Trinajstić information content (AvgIpc) is 2.46. The van der Waals surface area contributed by atoms with E-state index in [1.54, 1.807) is 0 Å². The van der Waals surface area contributed by atoms with Crippen LogP contribution in [0.4, 0.5) is 0 Å². The van der Waals surface area contributed by atoms with Crippen LogP contribution in [0.25, 0.3) is 0 Å². The second-order valence-electron chi connectivity index (χ2n) is 4.34. The lowest BCUT2D eigenvalue weighted by Crippen LogP contribution is -2.41. The smallest absolute Gasteiger partial charge is 0.394 e. The molecule has 0 aromatic heterocycles. The van der Waals surface area contributed by atoms with Gasteiger partial charge in [0, 0.05) is 13.1 Å². The minimum absolute atomic E-state index is 0.124. The van der Waals surface area contributed by atoms with Crippen molar-refractivity contribution in [2.75, 3.05) is 32.9 Å². The maximum Gasteiger partial charge on any atom is 0.394 e. The minimum Gasteiger partial charge on any atom is -0.490 e. The zero-order chi connectivity index (χ0) is 16.4. The van der Waals surface area contributed by atoms with Gasteiger partial charge in [0.05, 0.1) is 13.2 Å². The average molecular weight is 335 g/mol. The Hall–Kier alpha value is -1.39. The predicted octanol–water partition coefficient (Wildman–Crippen LogP) is 0.800. The summed E-state index contributed by atoms with van der Waals surface area (Å²) < 4.78 is 48.4. The second-order valence-corrected chi connectivity index (χ2v) is 5.23. The molecular weight excluding hydrogens is 314 g/mol. The highest BCUT2D eigenvalue weighted by molar-refractivity contribution is 7.79. The molecule has 1 aromatic rings. The number of nitrogens with one attached hydrogen (secondary N) is 1. The maximum atomic E-state index is 8.74. The first-order valence-corrected chi connectivity index (χ1v) is 8.16. The number of para-hydroxylation sites is 2. The molecule has 1 fully saturated rings. The van der Waals surface area contributed by atoms with Crippen molar-refractivity contribution in [2.24, 2.45) is 0 Å². The molecule has 0 bridgehead atoms. The third kappa shape index (κ3) is 8.80. The Kier molecular flexibility index (Phi) is 8.13. The third-order valence-corrected chi connectivity index (χ3v) is 2.58. The number of benzene rings is 1. The lowest BCUT2D eigenvalue weighted by molar-refractivity contribution is -0.000350. The number of morpholine rings is 1. The quantitative estimate of drug-likeness (QED) is 0.677. The SMILES string of the molecule is CCOc1ccccc1OCC1CNCCO1.O=S(=O)(O)O. The van der Waals surface area contributed by atoms with E-state index in [9.17, 15) is 0 Å². The molecule has 0 saturated carbocycles. The van der Waals surface area contributed by atoms with Crippen LogP contribution in [0, 0.1) is 0 Å². The molecule has 0 amide bonds. The van der Waals surface area contributed by atoms with Crippen molar-refractivity contribution in [1.29, 1.82) is 0 Å². The first-order valence-electron chi connectivity index (χ1n) is 6.77. The largest absolute Gasteiger partial charge is 0.490 e. The van der Waals surface area contributed by atoms with E-state index >= 15 is 0 Å². The highest BCUT2D eigenvalue weighted by Gasteiger charge is 2.14. The van der Waals surface area contributed by atoms with Gasteiger partial charge in [-0.1, -0.05) is 12.1 Å². The van der Waals surface area contributed by atoms with Crippen molar-refractivity contribution in [3.8, 4) is 11.5 Å². The van der Waals surface area contributed by atoms with E-state index in [1.165, 1.54) is 0 Å². The molecule has 1 heterocycles. The van der Waals surface area contributed by atoms with Crippen LogP contribution in [0.1, 0.15) is 6.92 Å². The Labute approximate surface area is 130 Å². The summed E-state index contributed by atoms with van der Waals surface area (Å²) in [6.45, 7) is 5.67. The van der Waals surface area contributed by atoms with E-state index in [-0.39, 0.29) is 6.10 Å². The topological polar surface area (TPSA) is 114 Å². The minimum atomic E-state index is -4.67. The van der Waals surface area contributed by atoms with E-state index in [0.29, 0.717) is 13.2 Å². The molecule has 1 unspecified atom stereocenters. The molecule has 1 aliphatic heterocycles. The maximum absolute atomic E-state index is 8.74. The van der Waals surface area contributed by atoms with Crippen molar-refractivity contribution >= 4 is 10.4 Å². The van der Waals surface area contributed by atoms with Crippen LogP contribution < -0.4 is 14.8 Å². The Balaban J connectivity index is 0.000000422. The molecule has 2 rings (SSSR count). The van der Waals surface area contributed by atoms with Gasteiger partial charge in [-0.2, -0.15) is 8.42 Å². The van der Waals surface area contributed by atoms with Gasteiger partial charge >= 0.3 is 10.4 Å². The van der Waals surface area contributed by atoms with Crippen molar-refractivity contribution < 1.29 is 31.7 Å². The number of rotatable bonds is 5. The summed E-state index contributed by atoms with van der Waals surface area (Å²) >= 11 is 0. The Morgan fingerprint density at radius 1 is 1.27 bits per heavy atom. The molecule has 3 N–H and O–H groups in total. The molecule has 126 valence electrons. The van der Waals surface area contributed by atoms with E-state index < -0.39 is 10.4 Å². The van der Waals surface area contributed by atoms with Crippen molar-refractivity contribution in [2.45, 2.75) is 13.0 Å². The summed E-state index contributed by atoms with van der Waals surface area (Å²) in [5.41, 5.74) is 0. The van der Waals surface area contributed by atoms with Crippen LogP contribution in [0.5, 0.6) is 11.5 Å². The van der Waals surface area contributed by atoms with Crippen LogP contribution in [0.15, 0.2) is 24.3 Å². The Bertz CT molecular complexity index is 521. The van der Waals surface area contributed by atoms with E-state index in [1.807, 2.05) is 31.2 Å². The zero-order valence-corrected chi connectivity index (χ0v) is 13.1. The van der Waals surface area contributed by atoms with Crippen molar-refractivity contribution in [3.63, 3.8) is 0 Å². The fourth-order valence-electron chi connectivity index (χ4n) is 1.75. The van der Waals surface area contributed by atoms with Gasteiger partial charge in [0.2, 0.25) is 0 Å². The van der Waals surface area contributed by atoms with E-state index in [0.717, 1.165) is 31.2 Å². The third-order valence-electron chi connectivity index (χ3n) is 2.58. The number of hydrogen-bond donors (Lipinski definition) is 3. The molecule has 1 aromatic carbocycles. The lowest BCUT2D eigenvalue weighted by Gasteiger charge is -2.24. The molecule has 1 saturated heterocycles. The van der Waals surface area contributed by atoms with Gasteiger partial charge in [0.25, 0.3) is 0 Å². The standard InChI is InChI=1S/C13H19NO3.H2O4S/c1-2-15-12-5-3-4-6-13(12)17-10-11-9-14-7-8-16-11;1-5(2,3)4/h3-6,11,14H,2,7-10H2,1H3;(H2,1,2,3,4). The molecule has 0 aliphatic carbocycles. The van der Waals surface area contributed by atoms with Crippen LogP contribution in [0.2, 0.25) is 0 Å². The normalized spacial score (nSPS) is 18.0. The van der Waals surface area contributed by atoms with Crippen molar-refractivity contribution in [3.05, 3.63) is 24.3 Å². The van der Waals surface area contributed by atoms with E-state index in [4.69, 9.17) is 31.7 Å². The molecular formula is C13H21NO7S. The first kappa shape index (κ1) is 18.7. The summed E-state index contributed by atoms with van der Waals surface area (Å²) in [7, 11) is -4.67. The van der Waals surface area contributed by atoms with Gasteiger partial charge in [-0.25, -0.2) is 0 Å². The summed E-state index contributed by atoms with van der Waals surface area (Å²) in [6.07, 6.45) is 0.124. The zero-order valence-electron chi connectivity index (χ0n) is 12.3. The number of hydrogen-bond acceptors (Lipinski definition) is 6. The molecule has 0 spiro atoms. The summed E-state index contributed by atoms with van der Waals surface area (Å²) in [4.78, 5) is 0. The van der Waals surface area contributed by atoms with Gasteiger partial charge in [-0.05, 0) is 19.1 Å². The molecule has 0 radical (unpaired) electrons. The number of ether oxygens (including phenoxy) is 3. The van der Waals surface area contributed by atoms with Crippen LogP contribution in [0.3, 0.4) is 0 Å². The van der Waals surface area contributed by atoms with E-state index in [2.05, 4.69) is 5.32 Å². The fraction of sp³-hybridized carbons (Fsp3) is 0.538. The Morgan fingerprint density at radius 2 is 1.86 bits per heavy atom. The first-order chi connectivity index (χ1) is 10.4. The molecule has 22 heavy (non-hydrogen) atoms. The van der Waals surface area contributed by atoms with Gasteiger partial charge in [0.1, 0.15) is 12.7 Å². The second kappa shape index (κ2) is 9.59. The Morgan fingerprint density at radius 3 is 2.36 bits per heavy atom. The molecule has 9 heteroatoms. The summed E-state index contributed by atoms with van der Waals surface area (Å²) in [5, 5.41) is 3.27. The van der Waals surface area contributed by atoms with Crippen LogP contribution >= 0.6 is 0 Å². The lowest BCUT2D eigenvalue weighted by atomic mass is 10.3. The van der Waals surface area contributed by atoms with Crippen LogP contribution in [-0.2, 0) is 15.1 Å². The van der Waals surface area contributed by atoms with Gasteiger partial charge < -0.3 is 19.5 Å². The molecule has 1 aliphatic rings. The molecule has 8 nitrogen and oxygen atoms in total. The van der Waals surface area contributed by atoms with Gasteiger partial charge in [0.15, 0.2) is 11.5 Å². The van der Waals surface area contributed by atoms with Crippen molar-refractivity contribution in [1.82, 2.24) is 5.32 Å². The highest BCUT2D eigenvalue weighted by atomic mass is 32.3. The van der Waals surface area contributed by atoms with Gasteiger partial charge in [-0.15, -0.1) is 0 Å². The van der Waals surface area contributed by atoms with Crippen LogP contribution in [-0.4, -0.2) is 56.5 Å². The molecule has 1 atom stereocenters.